The maximum absolute atomic E-state index is 13.5. The van der Waals surface area contributed by atoms with E-state index in [1.807, 2.05) is 23.0 Å². The summed E-state index contributed by atoms with van der Waals surface area (Å²) in [5, 5.41) is 4.52. The molecule has 0 saturated carbocycles. The Bertz CT molecular complexity index is 582. The van der Waals surface area contributed by atoms with Gasteiger partial charge in [0.15, 0.2) is 0 Å². The van der Waals surface area contributed by atoms with Crippen LogP contribution in [0.3, 0.4) is 0 Å². The van der Waals surface area contributed by atoms with Crippen molar-refractivity contribution in [2.45, 2.75) is 38.8 Å². The van der Waals surface area contributed by atoms with Gasteiger partial charge in [0, 0.05) is 24.7 Å². The number of nitrogens with zero attached hydrogens (tertiary/aromatic N) is 2. The van der Waals surface area contributed by atoms with Crippen LogP contribution in [0, 0.1) is 5.82 Å². The Kier molecular flexibility index (Phi) is 4.94. The number of aromatic nitrogens is 2. The van der Waals surface area contributed by atoms with Crippen LogP contribution in [0.2, 0.25) is 0 Å². The fraction of sp³-hybridized carbons (Fsp3) is 0.400. The van der Waals surface area contributed by atoms with Crippen LogP contribution >= 0.6 is 15.9 Å². The van der Waals surface area contributed by atoms with Gasteiger partial charge < -0.3 is 5.73 Å². The number of benzene rings is 1. The lowest BCUT2D eigenvalue weighted by atomic mass is 10.0. The van der Waals surface area contributed by atoms with E-state index >= 15 is 0 Å². The van der Waals surface area contributed by atoms with E-state index in [1.54, 1.807) is 6.07 Å². The van der Waals surface area contributed by atoms with Crippen molar-refractivity contribution in [3.63, 3.8) is 0 Å². The molecule has 5 heteroatoms. The molecule has 2 aromatic rings. The molecule has 0 radical (unpaired) electrons. The lowest BCUT2D eigenvalue weighted by Crippen LogP contribution is -2.14. The molecule has 0 aliphatic carbocycles. The van der Waals surface area contributed by atoms with E-state index in [2.05, 4.69) is 34.9 Å². The minimum absolute atomic E-state index is 0.252. The van der Waals surface area contributed by atoms with Crippen LogP contribution < -0.4 is 5.73 Å². The summed E-state index contributed by atoms with van der Waals surface area (Å²) in [5.74, 6) is -0.289. The first-order valence-corrected chi connectivity index (χ1v) is 7.55. The number of hydrogen-bond acceptors (Lipinski definition) is 2. The van der Waals surface area contributed by atoms with Gasteiger partial charge in [-0.3, -0.25) is 4.68 Å². The average Bonchev–Trinajstić information content (AvgIpc) is 2.89. The highest BCUT2D eigenvalue weighted by Gasteiger charge is 2.12. The van der Waals surface area contributed by atoms with Crippen molar-refractivity contribution >= 4 is 15.9 Å². The zero-order valence-electron chi connectivity index (χ0n) is 11.7. The summed E-state index contributed by atoms with van der Waals surface area (Å²) in [5.41, 5.74) is 7.85. The summed E-state index contributed by atoms with van der Waals surface area (Å²) < 4.78 is 15.9. The first-order valence-electron chi connectivity index (χ1n) is 6.75. The summed E-state index contributed by atoms with van der Waals surface area (Å²) in [6, 6.07) is 7.09. The van der Waals surface area contributed by atoms with Crippen molar-refractivity contribution in [1.29, 1.82) is 0 Å². The molecule has 2 rings (SSSR count). The molecule has 1 aromatic carbocycles. The van der Waals surface area contributed by atoms with Gasteiger partial charge in [0.05, 0.1) is 10.2 Å². The molecule has 1 heterocycles. The first-order chi connectivity index (χ1) is 9.51. The lowest BCUT2D eigenvalue weighted by Gasteiger charge is -2.12. The summed E-state index contributed by atoms with van der Waals surface area (Å²) in [4.78, 5) is 0. The van der Waals surface area contributed by atoms with Gasteiger partial charge in [-0.05, 0) is 53.0 Å². The van der Waals surface area contributed by atoms with Gasteiger partial charge in [-0.2, -0.15) is 5.10 Å². The number of halogens is 2. The molecular weight excluding hydrogens is 321 g/mol. The Morgan fingerprint density at radius 1 is 1.40 bits per heavy atom. The Hall–Kier alpha value is -1.20. The summed E-state index contributed by atoms with van der Waals surface area (Å²) >= 11 is 3.14. The van der Waals surface area contributed by atoms with E-state index in [0.717, 1.165) is 17.7 Å². The van der Waals surface area contributed by atoms with Crippen molar-refractivity contribution in [2.75, 3.05) is 0 Å². The van der Waals surface area contributed by atoms with Gasteiger partial charge in [0.2, 0.25) is 0 Å². The molecule has 0 aliphatic heterocycles. The van der Waals surface area contributed by atoms with Crippen LogP contribution in [-0.2, 0) is 6.42 Å². The molecule has 2 atom stereocenters. The topological polar surface area (TPSA) is 43.8 Å². The fourth-order valence-corrected chi connectivity index (χ4v) is 2.25. The van der Waals surface area contributed by atoms with E-state index in [4.69, 9.17) is 5.73 Å². The first kappa shape index (κ1) is 15.2. The number of nitrogens with two attached hydrogens (primary N) is 1. The monoisotopic (exact) mass is 339 g/mol. The van der Waals surface area contributed by atoms with E-state index in [-0.39, 0.29) is 11.9 Å². The minimum atomic E-state index is -0.289. The van der Waals surface area contributed by atoms with Crippen molar-refractivity contribution in [3.8, 4) is 0 Å². The molecule has 0 fully saturated rings. The van der Waals surface area contributed by atoms with Crippen LogP contribution in [0.25, 0.3) is 0 Å². The maximum atomic E-state index is 13.5. The highest BCUT2D eigenvalue weighted by Crippen LogP contribution is 2.22. The van der Waals surface area contributed by atoms with Crippen LogP contribution in [0.5, 0.6) is 0 Å². The second-order valence-electron chi connectivity index (χ2n) is 5.03. The van der Waals surface area contributed by atoms with Crippen molar-refractivity contribution in [2.24, 2.45) is 5.73 Å². The lowest BCUT2D eigenvalue weighted by molar-refractivity contribution is 0.472. The number of hydrogen-bond donors (Lipinski definition) is 1. The van der Waals surface area contributed by atoms with E-state index in [9.17, 15) is 4.39 Å². The van der Waals surface area contributed by atoms with Gasteiger partial charge in [-0.25, -0.2) is 4.39 Å². The molecule has 0 bridgehead atoms. The van der Waals surface area contributed by atoms with Crippen molar-refractivity contribution in [1.82, 2.24) is 9.78 Å². The third-order valence-electron chi connectivity index (χ3n) is 3.51. The predicted molar refractivity (Wildman–Crippen MR) is 82.0 cm³/mol. The highest BCUT2D eigenvalue weighted by molar-refractivity contribution is 9.10. The van der Waals surface area contributed by atoms with E-state index < -0.39 is 0 Å². The van der Waals surface area contributed by atoms with Crippen molar-refractivity contribution in [3.05, 3.63) is 52.0 Å². The van der Waals surface area contributed by atoms with Crippen LogP contribution in [0.1, 0.15) is 43.6 Å². The largest absolute Gasteiger partial charge is 0.324 e. The molecule has 0 saturated heterocycles. The van der Waals surface area contributed by atoms with Crippen LogP contribution in [0.4, 0.5) is 4.39 Å². The fourth-order valence-electron chi connectivity index (χ4n) is 2.00. The van der Waals surface area contributed by atoms with Gasteiger partial charge >= 0.3 is 0 Å². The van der Waals surface area contributed by atoms with Gasteiger partial charge in [-0.15, -0.1) is 0 Å². The molecule has 2 N–H and O–H groups in total. The van der Waals surface area contributed by atoms with Gasteiger partial charge in [0.25, 0.3) is 0 Å². The molecule has 0 spiro atoms. The molecule has 0 amide bonds. The highest BCUT2D eigenvalue weighted by atomic mass is 79.9. The average molecular weight is 340 g/mol. The Labute approximate surface area is 127 Å². The molecule has 108 valence electrons. The van der Waals surface area contributed by atoms with Crippen LogP contribution in [0.15, 0.2) is 34.9 Å². The second kappa shape index (κ2) is 6.50. The van der Waals surface area contributed by atoms with Crippen LogP contribution in [-0.4, -0.2) is 9.78 Å². The smallest absolute Gasteiger partial charge is 0.137 e. The normalized spacial score (nSPS) is 14.2. The second-order valence-corrected chi connectivity index (χ2v) is 5.88. The summed E-state index contributed by atoms with van der Waals surface area (Å²) in [6.45, 7) is 4.25. The Balaban J connectivity index is 2.09. The quantitative estimate of drug-likeness (QED) is 0.894. The standard InChI is InChI=1S/C15H19BrFN3/c1-3-10(2)20-7-6-12(19-20)9-15(18)11-4-5-13(16)14(17)8-11/h4-8,10,15H,3,9,18H2,1-2H3. The third kappa shape index (κ3) is 3.46. The zero-order valence-corrected chi connectivity index (χ0v) is 13.3. The SMILES string of the molecule is CCC(C)n1ccc(CC(N)c2ccc(Br)c(F)c2)n1. The van der Waals surface area contributed by atoms with Gasteiger partial charge in [-0.1, -0.05) is 13.0 Å². The molecule has 1 aromatic heterocycles. The summed E-state index contributed by atoms with van der Waals surface area (Å²) in [7, 11) is 0. The Morgan fingerprint density at radius 2 is 2.15 bits per heavy atom. The Morgan fingerprint density at radius 3 is 2.80 bits per heavy atom. The van der Waals surface area contributed by atoms with E-state index in [1.165, 1.54) is 6.07 Å². The predicted octanol–water partition coefficient (Wildman–Crippen LogP) is 4.00. The molecule has 3 nitrogen and oxygen atoms in total. The molecule has 2 unspecified atom stereocenters. The molecule has 20 heavy (non-hydrogen) atoms. The maximum Gasteiger partial charge on any atom is 0.137 e. The van der Waals surface area contributed by atoms with Gasteiger partial charge in [0.1, 0.15) is 5.82 Å². The zero-order chi connectivity index (χ0) is 14.7. The minimum Gasteiger partial charge on any atom is -0.324 e. The summed E-state index contributed by atoms with van der Waals surface area (Å²) in [6.07, 6.45) is 3.61. The molecule has 0 aliphatic rings. The van der Waals surface area contributed by atoms with Crippen molar-refractivity contribution < 1.29 is 4.39 Å². The molecular formula is C15H19BrFN3. The number of rotatable bonds is 5. The third-order valence-corrected chi connectivity index (χ3v) is 4.15. The van der Waals surface area contributed by atoms with E-state index in [0.29, 0.717) is 16.9 Å².